The summed E-state index contributed by atoms with van der Waals surface area (Å²) in [7, 11) is 4.38. The molecule has 0 spiro atoms. The number of hydrogen-bond donors (Lipinski definition) is 2. The van der Waals surface area contributed by atoms with Crippen molar-refractivity contribution in [2.24, 2.45) is 5.73 Å². The number of likely N-dealkylation sites (tertiary alicyclic amines) is 1. The topological polar surface area (TPSA) is 56.4 Å². The summed E-state index contributed by atoms with van der Waals surface area (Å²) in [5, 5.41) is 7.49. The second-order valence-corrected chi connectivity index (χ2v) is 5.56. The average molecular weight is 260 g/mol. The van der Waals surface area contributed by atoms with Crippen LogP contribution in [-0.2, 0) is 6.54 Å². The minimum Gasteiger partial charge on any atom is -0.384 e. The summed E-state index contributed by atoms with van der Waals surface area (Å²) in [6.45, 7) is 3.29. The van der Waals surface area contributed by atoms with Crippen molar-refractivity contribution in [2.45, 2.75) is 25.4 Å². The molecule has 1 aromatic carbocycles. The molecule has 0 atom stereocenters. The average Bonchev–Trinajstić information content (AvgIpc) is 2.39. The van der Waals surface area contributed by atoms with E-state index in [0.717, 1.165) is 12.1 Å². The zero-order valence-corrected chi connectivity index (χ0v) is 11.9. The summed E-state index contributed by atoms with van der Waals surface area (Å²) in [6.07, 6.45) is 2.47. The van der Waals surface area contributed by atoms with Crippen LogP contribution in [0.5, 0.6) is 0 Å². The van der Waals surface area contributed by atoms with Crippen molar-refractivity contribution in [1.82, 2.24) is 9.80 Å². The van der Waals surface area contributed by atoms with E-state index in [1.165, 1.54) is 31.5 Å². The quantitative estimate of drug-likeness (QED) is 0.637. The molecule has 1 saturated heterocycles. The highest BCUT2D eigenvalue weighted by molar-refractivity contribution is 5.95. The molecule has 19 heavy (non-hydrogen) atoms. The van der Waals surface area contributed by atoms with Gasteiger partial charge >= 0.3 is 0 Å². The number of piperidine rings is 1. The highest BCUT2D eigenvalue weighted by Gasteiger charge is 2.20. The Balaban J connectivity index is 1.96. The minimum absolute atomic E-state index is 0.142. The minimum atomic E-state index is 0.142. The number of nitrogens with two attached hydrogens (primary N) is 1. The van der Waals surface area contributed by atoms with Crippen LogP contribution in [0.2, 0.25) is 0 Å². The third-order valence-corrected chi connectivity index (χ3v) is 3.98. The van der Waals surface area contributed by atoms with Gasteiger partial charge in [0.15, 0.2) is 0 Å². The lowest BCUT2D eigenvalue weighted by Crippen LogP contribution is -2.41. The van der Waals surface area contributed by atoms with Crippen molar-refractivity contribution in [3.05, 3.63) is 35.4 Å². The van der Waals surface area contributed by atoms with Gasteiger partial charge in [0.25, 0.3) is 0 Å². The number of nitrogens with zero attached hydrogens (tertiary/aromatic N) is 2. The Kier molecular flexibility index (Phi) is 4.56. The van der Waals surface area contributed by atoms with Crippen LogP contribution in [0.25, 0.3) is 0 Å². The maximum Gasteiger partial charge on any atom is 0.122 e. The van der Waals surface area contributed by atoms with Crippen molar-refractivity contribution >= 4 is 5.84 Å². The maximum absolute atomic E-state index is 7.49. The van der Waals surface area contributed by atoms with Crippen LogP contribution in [0.4, 0.5) is 0 Å². The van der Waals surface area contributed by atoms with Crippen LogP contribution < -0.4 is 5.73 Å². The largest absolute Gasteiger partial charge is 0.384 e. The summed E-state index contributed by atoms with van der Waals surface area (Å²) in [6, 6.07) is 8.67. The Morgan fingerprint density at radius 2 is 2.11 bits per heavy atom. The molecule has 0 radical (unpaired) electrons. The Morgan fingerprint density at radius 1 is 1.42 bits per heavy atom. The lowest BCUT2D eigenvalue weighted by molar-refractivity contribution is 0.139. The van der Waals surface area contributed by atoms with Crippen LogP contribution >= 0.6 is 0 Å². The van der Waals surface area contributed by atoms with Gasteiger partial charge in [0.2, 0.25) is 0 Å². The number of nitrogens with one attached hydrogen (secondary N) is 1. The van der Waals surface area contributed by atoms with Gasteiger partial charge in [0, 0.05) is 18.2 Å². The normalized spacial score (nSPS) is 17.8. The van der Waals surface area contributed by atoms with Gasteiger partial charge in [-0.3, -0.25) is 10.3 Å². The van der Waals surface area contributed by atoms with Gasteiger partial charge in [-0.1, -0.05) is 18.2 Å². The number of hydrogen-bond acceptors (Lipinski definition) is 3. The second-order valence-electron chi connectivity index (χ2n) is 5.56. The van der Waals surface area contributed by atoms with Crippen molar-refractivity contribution in [1.29, 1.82) is 5.41 Å². The molecule has 0 unspecified atom stereocenters. The molecule has 4 heteroatoms. The summed E-state index contributed by atoms with van der Waals surface area (Å²) < 4.78 is 0. The van der Waals surface area contributed by atoms with Crippen molar-refractivity contribution < 1.29 is 0 Å². The van der Waals surface area contributed by atoms with E-state index >= 15 is 0 Å². The monoisotopic (exact) mass is 260 g/mol. The molecule has 1 heterocycles. The molecule has 1 aromatic rings. The highest BCUT2D eigenvalue weighted by atomic mass is 15.2. The van der Waals surface area contributed by atoms with Gasteiger partial charge in [0.1, 0.15) is 5.84 Å². The molecule has 2 rings (SSSR count). The van der Waals surface area contributed by atoms with Crippen LogP contribution in [0.15, 0.2) is 24.3 Å². The van der Waals surface area contributed by atoms with Crippen LogP contribution in [0.3, 0.4) is 0 Å². The molecule has 0 aromatic heterocycles. The molecule has 1 aliphatic rings. The predicted molar refractivity (Wildman–Crippen MR) is 79.4 cm³/mol. The van der Waals surface area contributed by atoms with Gasteiger partial charge in [0.05, 0.1) is 0 Å². The number of benzene rings is 1. The van der Waals surface area contributed by atoms with Crippen molar-refractivity contribution in [3.63, 3.8) is 0 Å². The van der Waals surface area contributed by atoms with Crippen LogP contribution in [0.1, 0.15) is 24.0 Å². The Labute approximate surface area is 115 Å². The van der Waals surface area contributed by atoms with E-state index in [4.69, 9.17) is 11.1 Å². The molecule has 4 nitrogen and oxygen atoms in total. The molecule has 0 amide bonds. The molecular weight excluding hydrogens is 236 g/mol. The predicted octanol–water partition coefficient (Wildman–Crippen LogP) is 1.50. The fourth-order valence-electron chi connectivity index (χ4n) is 2.69. The standard InChI is InChI=1S/C15H24N4/c1-18-8-6-14(7-9-18)19(2)11-12-4-3-5-13(10-12)15(16)17/h3-5,10,14H,6-9,11H2,1-2H3,(H3,16,17). The van der Waals surface area contributed by atoms with E-state index in [0.29, 0.717) is 6.04 Å². The van der Waals surface area contributed by atoms with Gasteiger partial charge in [-0.25, -0.2) is 0 Å². The van der Waals surface area contributed by atoms with E-state index in [1.807, 2.05) is 18.2 Å². The first kappa shape index (κ1) is 14.0. The molecule has 0 bridgehead atoms. The van der Waals surface area contributed by atoms with E-state index < -0.39 is 0 Å². The first-order chi connectivity index (χ1) is 9.06. The molecule has 3 N–H and O–H groups in total. The first-order valence-corrected chi connectivity index (χ1v) is 6.88. The Hall–Kier alpha value is -1.39. The zero-order chi connectivity index (χ0) is 13.8. The molecular formula is C15H24N4. The van der Waals surface area contributed by atoms with Crippen LogP contribution in [-0.4, -0.2) is 48.9 Å². The smallest absolute Gasteiger partial charge is 0.122 e. The summed E-state index contributed by atoms with van der Waals surface area (Å²) >= 11 is 0. The van der Waals surface area contributed by atoms with Gasteiger partial charge in [-0.15, -0.1) is 0 Å². The summed E-state index contributed by atoms with van der Waals surface area (Å²) in [4.78, 5) is 4.81. The molecule has 0 saturated carbocycles. The van der Waals surface area contributed by atoms with Crippen molar-refractivity contribution in [3.8, 4) is 0 Å². The summed E-state index contributed by atoms with van der Waals surface area (Å²) in [5.74, 6) is 0.142. The zero-order valence-electron chi connectivity index (χ0n) is 11.9. The van der Waals surface area contributed by atoms with Gasteiger partial charge < -0.3 is 10.6 Å². The van der Waals surface area contributed by atoms with E-state index in [2.05, 4.69) is 30.0 Å². The maximum atomic E-state index is 7.49. The SMILES string of the molecule is CN1CCC(N(C)Cc2cccc(C(=N)N)c2)CC1. The molecule has 1 fully saturated rings. The lowest BCUT2D eigenvalue weighted by atomic mass is 10.0. The fourth-order valence-corrected chi connectivity index (χ4v) is 2.69. The van der Waals surface area contributed by atoms with E-state index in [1.54, 1.807) is 0 Å². The Morgan fingerprint density at radius 3 is 2.74 bits per heavy atom. The number of nitrogen functional groups attached to an aromatic ring is 1. The van der Waals surface area contributed by atoms with Gasteiger partial charge in [-0.05, 0) is 51.7 Å². The fraction of sp³-hybridized carbons (Fsp3) is 0.533. The highest BCUT2D eigenvalue weighted by Crippen LogP contribution is 2.17. The molecule has 0 aliphatic carbocycles. The molecule has 1 aliphatic heterocycles. The van der Waals surface area contributed by atoms with Gasteiger partial charge in [-0.2, -0.15) is 0 Å². The summed E-state index contributed by atoms with van der Waals surface area (Å²) in [5.41, 5.74) is 7.58. The lowest BCUT2D eigenvalue weighted by Gasteiger charge is -2.35. The van der Waals surface area contributed by atoms with E-state index in [9.17, 15) is 0 Å². The van der Waals surface area contributed by atoms with Crippen molar-refractivity contribution in [2.75, 3.05) is 27.2 Å². The van der Waals surface area contributed by atoms with Crippen LogP contribution in [0, 0.1) is 5.41 Å². The number of rotatable bonds is 4. The first-order valence-electron chi connectivity index (χ1n) is 6.88. The Bertz CT molecular complexity index is 436. The third-order valence-electron chi connectivity index (χ3n) is 3.98. The second kappa shape index (κ2) is 6.17. The number of amidine groups is 1. The third kappa shape index (κ3) is 3.78. The molecule has 104 valence electrons. The van der Waals surface area contributed by atoms with E-state index in [-0.39, 0.29) is 5.84 Å².